The van der Waals surface area contributed by atoms with Crippen molar-refractivity contribution < 1.29 is 9.18 Å². The highest BCUT2D eigenvalue weighted by Crippen LogP contribution is 2.58. The topological polar surface area (TPSA) is 46.9 Å². The molecule has 5 heteroatoms. The summed E-state index contributed by atoms with van der Waals surface area (Å²) in [7, 11) is 0. The van der Waals surface area contributed by atoms with E-state index in [0.29, 0.717) is 18.4 Å². The highest BCUT2D eigenvalue weighted by Gasteiger charge is 2.53. The number of nitrogens with zero attached hydrogens (tertiary/aromatic N) is 2. The van der Waals surface area contributed by atoms with Gasteiger partial charge in [0.15, 0.2) is 0 Å². The number of fused-ring (bicyclic) bond motifs is 5. The molecule has 2 aromatic rings. The van der Waals surface area contributed by atoms with Gasteiger partial charge in [0.2, 0.25) is 5.91 Å². The van der Waals surface area contributed by atoms with E-state index in [-0.39, 0.29) is 11.7 Å². The average Bonchev–Trinajstić information content (AvgIpc) is 3.41. The van der Waals surface area contributed by atoms with Gasteiger partial charge in [0, 0.05) is 17.3 Å². The van der Waals surface area contributed by atoms with Crippen molar-refractivity contribution >= 4 is 5.91 Å². The number of amides is 1. The van der Waals surface area contributed by atoms with E-state index >= 15 is 0 Å². The van der Waals surface area contributed by atoms with E-state index < -0.39 is 0 Å². The number of hydrogen-bond acceptors (Lipinski definition) is 2. The molecule has 3 aliphatic carbocycles. The summed E-state index contributed by atoms with van der Waals surface area (Å²) in [6, 6.07) is 6.66. The fraction of sp³-hybridized carbons (Fsp3) is 0.565. The predicted molar refractivity (Wildman–Crippen MR) is 106 cm³/mol. The molecule has 1 heterocycles. The molecule has 0 radical (unpaired) electrons. The number of carbonyl (C=O) groups is 1. The number of rotatable bonds is 4. The smallest absolute Gasteiger partial charge is 0.224 e. The average molecular weight is 381 g/mol. The van der Waals surface area contributed by atoms with Crippen LogP contribution in [-0.4, -0.2) is 21.7 Å². The lowest BCUT2D eigenvalue weighted by atomic mass is 9.79. The van der Waals surface area contributed by atoms with Crippen LogP contribution in [0, 0.1) is 43.3 Å². The summed E-state index contributed by atoms with van der Waals surface area (Å²) >= 11 is 0. The van der Waals surface area contributed by atoms with Crippen LogP contribution in [0.15, 0.2) is 24.3 Å². The van der Waals surface area contributed by atoms with Gasteiger partial charge in [-0.15, -0.1) is 0 Å². The summed E-state index contributed by atoms with van der Waals surface area (Å²) < 4.78 is 15.0. The van der Waals surface area contributed by atoms with Gasteiger partial charge in [0.1, 0.15) is 5.82 Å². The maximum Gasteiger partial charge on any atom is 0.224 e. The fourth-order valence-corrected chi connectivity index (χ4v) is 6.42. The molecule has 5 rings (SSSR count). The molecule has 1 aromatic heterocycles. The summed E-state index contributed by atoms with van der Waals surface area (Å²) in [5, 5.41) is 7.95. The van der Waals surface area contributed by atoms with Gasteiger partial charge in [-0.1, -0.05) is 6.42 Å². The zero-order valence-corrected chi connectivity index (χ0v) is 16.6. The number of hydrogen-bond donors (Lipinski definition) is 1. The molecule has 1 amide bonds. The van der Waals surface area contributed by atoms with E-state index in [4.69, 9.17) is 0 Å². The lowest BCUT2D eigenvalue weighted by Crippen LogP contribution is -2.43. The summed E-state index contributed by atoms with van der Waals surface area (Å²) in [6.45, 7) is 3.92. The Labute approximate surface area is 165 Å². The summed E-state index contributed by atoms with van der Waals surface area (Å²) in [5.41, 5.74) is 3.60. The summed E-state index contributed by atoms with van der Waals surface area (Å²) in [6.07, 6.45) is 7.00. The van der Waals surface area contributed by atoms with Crippen molar-refractivity contribution in [2.24, 2.45) is 23.7 Å². The quantitative estimate of drug-likeness (QED) is 0.866. The zero-order chi connectivity index (χ0) is 19.4. The molecule has 148 valence electrons. The third kappa shape index (κ3) is 2.87. The van der Waals surface area contributed by atoms with E-state index in [1.54, 1.807) is 16.8 Å². The molecule has 3 aliphatic rings. The lowest BCUT2D eigenvalue weighted by molar-refractivity contribution is -0.121. The molecule has 0 saturated heterocycles. The number of aromatic nitrogens is 2. The van der Waals surface area contributed by atoms with Gasteiger partial charge in [-0.25, -0.2) is 9.07 Å². The molecule has 3 fully saturated rings. The highest BCUT2D eigenvalue weighted by atomic mass is 19.1. The van der Waals surface area contributed by atoms with Crippen molar-refractivity contribution in [3.8, 4) is 5.69 Å². The molecule has 0 spiro atoms. The zero-order valence-electron chi connectivity index (χ0n) is 16.6. The third-order valence-corrected chi connectivity index (χ3v) is 7.62. The first kappa shape index (κ1) is 17.9. The number of carbonyl (C=O) groups excluding carboxylic acids is 1. The first-order chi connectivity index (χ1) is 13.5. The Kier molecular flexibility index (Phi) is 4.29. The minimum absolute atomic E-state index is 0.108. The third-order valence-electron chi connectivity index (χ3n) is 7.62. The lowest BCUT2D eigenvalue weighted by Gasteiger charge is -2.32. The molecule has 1 N–H and O–H groups in total. The second-order valence-electron chi connectivity index (χ2n) is 9.04. The Bertz CT molecular complexity index is 903. The maximum atomic E-state index is 13.2. The second-order valence-corrected chi connectivity index (χ2v) is 9.04. The Balaban J connectivity index is 1.29. The number of aryl methyl sites for hydroxylation is 1. The molecule has 2 bridgehead atoms. The monoisotopic (exact) mass is 381 g/mol. The van der Waals surface area contributed by atoms with E-state index in [2.05, 4.69) is 10.4 Å². The minimum Gasteiger partial charge on any atom is -0.353 e. The van der Waals surface area contributed by atoms with Crippen molar-refractivity contribution in [2.45, 2.75) is 58.4 Å². The Morgan fingerprint density at radius 2 is 1.89 bits per heavy atom. The van der Waals surface area contributed by atoms with Gasteiger partial charge in [0.05, 0.1) is 17.8 Å². The number of benzene rings is 1. The van der Waals surface area contributed by atoms with Crippen LogP contribution in [0.4, 0.5) is 4.39 Å². The first-order valence-corrected chi connectivity index (χ1v) is 10.6. The molecule has 5 atom stereocenters. The van der Waals surface area contributed by atoms with Crippen molar-refractivity contribution in [3.63, 3.8) is 0 Å². The largest absolute Gasteiger partial charge is 0.353 e. The molecule has 1 aromatic carbocycles. The van der Waals surface area contributed by atoms with E-state index in [1.165, 1.54) is 44.2 Å². The predicted octanol–water partition coefficient (Wildman–Crippen LogP) is 4.11. The number of halogens is 1. The van der Waals surface area contributed by atoms with Crippen LogP contribution in [0.2, 0.25) is 0 Å². The second kappa shape index (κ2) is 6.71. The molecule has 0 aliphatic heterocycles. The molecule has 4 nitrogen and oxygen atoms in total. The molecule has 28 heavy (non-hydrogen) atoms. The molecular weight excluding hydrogens is 353 g/mol. The van der Waals surface area contributed by atoms with Crippen LogP contribution in [0.5, 0.6) is 0 Å². The van der Waals surface area contributed by atoms with Crippen molar-refractivity contribution in [2.75, 3.05) is 0 Å². The Morgan fingerprint density at radius 3 is 2.68 bits per heavy atom. The van der Waals surface area contributed by atoms with Crippen LogP contribution in [0.3, 0.4) is 0 Å². The van der Waals surface area contributed by atoms with Gasteiger partial charge >= 0.3 is 0 Å². The molecule has 0 unspecified atom stereocenters. The van der Waals surface area contributed by atoms with Crippen LogP contribution < -0.4 is 5.32 Å². The van der Waals surface area contributed by atoms with Crippen molar-refractivity contribution in [3.05, 3.63) is 47.0 Å². The van der Waals surface area contributed by atoms with Crippen LogP contribution in [-0.2, 0) is 11.2 Å². The Hall–Kier alpha value is -2.17. The van der Waals surface area contributed by atoms with Crippen molar-refractivity contribution in [1.82, 2.24) is 15.1 Å². The van der Waals surface area contributed by atoms with E-state index in [9.17, 15) is 9.18 Å². The van der Waals surface area contributed by atoms with Crippen LogP contribution in [0.1, 0.15) is 49.1 Å². The normalized spacial score (nSPS) is 30.6. The maximum absolute atomic E-state index is 13.2. The van der Waals surface area contributed by atoms with Gasteiger partial charge in [-0.3, -0.25) is 4.79 Å². The fourth-order valence-electron chi connectivity index (χ4n) is 6.42. The van der Waals surface area contributed by atoms with Crippen LogP contribution in [0.25, 0.3) is 5.69 Å². The van der Waals surface area contributed by atoms with E-state index in [0.717, 1.165) is 40.4 Å². The van der Waals surface area contributed by atoms with Gasteiger partial charge in [0.25, 0.3) is 0 Å². The van der Waals surface area contributed by atoms with Gasteiger partial charge in [-0.2, -0.15) is 5.10 Å². The highest BCUT2D eigenvalue weighted by molar-refractivity contribution is 5.79. The molecular formula is C23H28FN3O. The Morgan fingerprint density at radius 1 is 1.14 bits per heavy atom. The number of nitrogens with one attached hydrogen (secondary N) is 1. The first-order valence-electron chi connectivity index (χ1n) is 10.6. The van der Waals surface area contributed by atoms with E-state index in [1.807, 2.05) is 13.8 Å². The summed E-state index contributed by atoms with van der Waals surface area (Å²) in [5.74, 6) is 3.18. The summed E-state index contributed by atoms with van der Waals surface area (Å²) in [4.78, 5) is 12.8. The minimum atomic E-state index is -0.264. The van der Waals surface area contributed by atoms with Gasteiger partial charge < -0.3 is 5.32 Å². The van der Waals surface area contributed by atoms with Gasteiger partial charge in [-0.05, 0) is 87.5 Å². The van der Waals surface area contributed by atoms with Crippen molar-refractivity contribution in [1.29, 1.82) is 0 Å². The standard InChI is InChI=1S/C23H28FN3O/c1-13-20(14(2)27(26-13)17-8-6-16(24)7-9-17)12-23(28)25-22-11-15-10-21(22)19-5-3-4-18(15)19/h6-9,15,18-19,21-22H,3-5,10-12H2,1-2H3,(H,25,28)/t15-,18+,19-,21+,22+/m0/s1. The SMILES string of the molecule is Cc1nn(-c2ccc(F)cc2)c(C)c1CC(=O)N[C@@H]1C[C@@H]2C[C@@H]1[C@H]1CCC[C@H]21. The van der Waals surface area contributed by atoms with Crippen LogP contribution >= 0.6 is 0 Å². The molecule has 3 saturated carbocycles.